The van der Waals surface area contributed by atoms with Crippen molar-refractivity contribution in [1.82, 2.24) is 4.98 Å². The fourth-order valence-electron chi connectivity index (χ4n) is 4.10. The smallest absolute Gasteiger partial charge is 0.214 e. The maximum absolute atomic E-state index is 14.3. The van der Waals surface area contributed by atoms with E-state index in [1.165, 1.54) is 25.1 Å². The van der Waals surface area contributed by atoms with Crippen LogP contribution in [0.3, 0.4) is 0 Å². The second kappa shape index (κ2) is 11.6. The van der Waals surface area contributed by atoms with Crippen LogP contribution in [0.15, 0.2) is 65.3 Å². The molecule has 1 heterocycles. The molecule has 4 aromatic rings. The number of H-pyrrole nitrogens is 1. The Morgan fingerprint density at radius 1 is 1.05 bits per heavy atom. The van der Waals surface area contributed by atoms with Gasteiger partial charge in [0.1, 0.15) is 23.2 Å². The maximum Gasteiger partial charge on any atom is 0.214 e. The number of aryl methyl sites for hydroxylation is 2. The van der Waals surface area contributed by atoms with Crippen molar-refractivity contribution in [3.63, 3.8) is 0 Å². The molecule has 0 amide bonds. The number of Topliss-reactive ketones (excluding diaryl/α,β-unsaturated/α-hetero) is 1. The van der Waals surface area contributed by atoms with Crippen molar-refractivity contribution in [2.75, 3.05) is 23.3 Å². The number of ether oxygens (including phenoxy) is 1. The van der Waals surface area contributed by atoms with E-state index in [0.29, 0.717) is 39.2 Å². The Labute approximate surface area is 227 Å². The minimum Gasteiger partial charge on any atom is -0.454 e. The summed E-state index contributed by atoms with van der Waals surface area (Å²) in [6.45, 7) is 3.58. The number of nitrogens with two attached hydrogens (primary N) is 1. The van der Waals surface area contributed by atoms with Crippen LogP contribution >= 0.6 is 11.9 Å². The van der Waals surface area contributed by atoms with Gasteiger partial charge >= 0.3 is 0 Å². The highest BCUT2D eigenvalue weighted by atomic mass is 32.2. The van der Waals surface area contributed by atoms with Crippen molar-refractivity contribution >= 4 is 45.8 Å². The van der Waals surface area contributed by atoms with Gasteiger partial charge in [0.25, 0.3) is 0 Å². The molecular weight excluding hydrogens is 527 g/mol. The van der Waals surface area contributed by atoms with Crippen molar-refractivity contribution in [2.45, 2.75) is 13.8 Å². The molecule has 0 fully saturated rings. The lowest BCUT2D eigenvalue weighted by Gasteiger charge is -2.17. The van der Waals surface area contributed by atoms with Gasteiger partial charge in [-0.05, 0) is 61.4 Å². The summed E-state index contributed by atoms with van der Waals surface area (Å²) >= 11 is 1.25. The first-order valence-corrected chi connectivity index (χ1v) is 12.9. The number of fused-ring (bicyclic) bond motifs is 1. The number of benzene rings is 3. The van der Waals surface area contributed by atoms with Crippen LogP contribution < -0.4 is 20.5 Å². The molecule has 0 aliphatic heterocycles. The highest BCUT2D eigenvalue weighted by Gasteiger charge is 2.22. The molecule has 0 spiro atoms. The van der Waals surface area contributed by atoms with E-state index in [-0.39, 0.29) is 22.9 Å². The zero-order valence-electron chi connectivity index (χ0n) is 21.6. The van der Waals surface area contributed by atoms with Crippen LogP contribution in [0.5, 0.6) is 11.5 Å². The van der Waals surface area contributed by atoms with Gasteiger partial charge in [-0.15, -0.1) is 0 Å². The number of anilines is 2. The number of amidine groups is 1. The summed E-state index contributed by atoms with van der Waals surface area (Å²) in [6, 6.07) is 10.8. The van der Waals surface area contributed by atoms with Crippen LogP contribution in [-0.2, 0) is 0 Å². The molecule has 11 heteroatoms. The van der Waals surface area contributed by atoms with Gasteiger partial charge in [-0.2, -0.15) is 0 Å². The number of aliphatic imine (C=N–C) groups is 1. The van der Waals surface area contributed by atoms with Crippen LogP contribution in [0.2, 0.25) is 0 Å². The quantitative estimate of drug-likeness (QED) is 0.0626. The topological polar surface area (TPSA) is 105 Å². The molecule has 202 valence electrons. The minimum absolute atomic E-state index is 0.0907. The SMILES string of the molecule is CN=C(Nc1c(C)cc(Oc2cc(F)ccc2F)cc1C)C(=CN)C(=O)c1cc2cc(NSC)c(F)cc2[nH]1. The standard InChI is InChI=1S/C28H26F3N5O2S/c1-14-7-18(38-25-11-17(29)5-6-20(25)30)8-15(2)26(14)35-28(33-3)19(13-32)27(37)24-10-16-9-23(36-39-4)21(31)12-22(16)34-24/h5-13,34,36H,32H2,1-4H3,(H,33,35). The van der Waals surface area contributed by atoms with Crippen molar-refractivity contribution in [1.29, 1.82) is 0 Å². The molecule has 3 aromatic carbocycles. The number of carbonyl (C=O) groups is 1. The molecule has 1 aromatic heterocycles. The van der Waals surface area contributed by atoms with E-state index in [4.69, 9.17) is 10.5 Å². The molecule has 5 N–H and O–H groups in total. The number of aromatic amines is 1. The fraction of sp³-hybridized carbons (Fsp3) is 0.143. The lowest BCUT2D eigenvalue weighted by molar-refractivity contribution is 0.103. The van der Waals surface area contributed by atoms with Crippen LogP contribution in [0, 0.1) is 31.3 Å². The third-order valence-corrected chi connectivity index (χ3v) is 6.35. The van der Waals surface area contributed by atoms with Crippen LogP contribution in [0.1, 0.15) is 21.6 Å². The molecule has 7 nitrogen and oxygen atoms in total. The van der Waals surface area contributed by atoms with E-state index in [2.05, 4.69) is 20.0 Å². The number of halogens is 3. The number of hydrogen-bond acceptors (Lipinski definition) is 6. The van der Waals surface area contributed by atoms with Gasteiger partial charge in [0.15, 0.2) is 11.6 Å². The largest absolute Gasteiger partial charge is 0.454 e. The fourth-order valence-corrected chi connectivity index (χ4v) is 4.47. The van der Waals surface area contributed by atoms with Crippen molar-refractivity contribution in [3.05, 3.63) is 94.6 Å². The highest BCUT2D eigenvalue weighted by molar-refractivity contribution is 7.99. The van der Waals surface area contributed by atoms with Crippen molar-refractivity contribution in [3.8, 4) is 11.5 Å². The lowest BCUT2D eigenvalue weighted by Crippen LogP contribution is -2.23. The summed E-state index contributed by atoms with van der Waals surface area (Å²) in [5.41, 5.74) is 8.94. The van der Waals surface area contributed by atoms with E-state index in [1.54, 1.807) is 44.4 Å². The molecule has 0 saturated carbocycles. The van der Waals surface area contributed by atoms with Gasteiger partial charge in [-0.25, -0.2) is 13.2 Å². The van der Waals surface area contributed by atoms with Gasteiger partial charge in [-0.1, -0.05) is 11.9 Å². The van der Waals surface area contributed by atoms with Crippen LogP contribution in [0.4, 0.5) is 24.5 Å². The Bertz CT molecular complexity index is 1610. The van der Waals surface area contributed by atoms with Gasteiger partial charge in [0, 0.05) is 48.2 Å². The molecule has 0 aliphatic carbocycles. The third-order valence-electron chi connectivity index (χ3n) is 5.93. The van der Waals surface area contributed by atoms with Crippen LogP contribution in [0.25, 0.3) is 10.9 Å². The average molecular weight is 554 g/mol. The first kappa shape index (κ1) is 27.6. The van der Waals surface area contributed by atoms with E-state index in [1.807, 2.05) is 0 Å². The van der Waals surface area contributed by atoms with E-state index >= 15 is 0 Å². The summed E-state index contributed by atoms with van der Waals surface area (Å²) < 4.78 is 50.4. The van der Waals surface area contributed by atoms with E-state index < -0.39 is 23.2 Å². The lowest BCUT2D eigenvalue weighted by atomic mass is 10.1. The molecule has 0 aliphatic rings. The highest BCUT2D eigenvalue weighted by Crippen LogP contribution is 2.32. The zero-order valence-corrected chi connectivity index (χ0v) is 22.4. The summed E-state index contributed by atoms with van der Waals surface area (Å²) in [7, 11) is 1.51. The molecule has 0 atom stereocenters. The first-order valence-electron chi connectivity index (χ1n) is 11.7. The molecule has 0 unspecified atom stereocenters. The Morgan fingerprint density at radius 2 is 1.77 bits per heavy atom. The predicted octanol–water partition coefficient (Wildman–Crippen LogP) is 6.85. The number of nitrogens with zero attached hydrogens (tertiary/aromatic N) is 1. The molecule has 39 heavy (non-hydrogen) atoms. The molecule has 0 radical (unpaired) electrons. The monoisotopic (exact) mass is 553 g/mol. The first-order chi connectivity index (χ1) is 18.6. The average Bonchev–Trinajstić information content (AvgIpc) is 3.30. The molecule has 0 bridgehead atoms. The molecule has 4 rings (SSSR count). The van der Waals surface area contributed by atoms with Gasteiger partial charge in [0.05, 0.1) is 17.0 Å². The van der Waals surface area contributed by atoms with Crippen LogP contribution in [-0.4, -0.2) is 29.9 Å². The number of ketones is 1. The Balaban J connectivity index is 1.59. The Kier molecular flexibility index (Phi) is 8.20. The normalized spacial score (nSPS) is 12.1. The zero-order chi connectivity index (χ0) is 28.3. The molecular formula is C28H26F3N5O2S. The Hall–Kier alpha value is -4.38. The number of rotatable bonds is 8. The van der Waals surface area contributed by atoms with Crippen molar-refractivity contribution < 1.29 is 22.7 Å². The Morgan fingerprint density at radius 3 is 2.41 bits per heavy atom. The van der Waals surface area contributed by atoms with Crippen molar-refractivity contribution in [2.24, 2.45) is 10.7 Å². The second-order valence-corrected chi connectivity index (χ2v) is 9.24. The predicted molar refractivity (Wildman–Crippen MR) is 151 cm³/mol. The third kappa shape index (κ3) is 5.88. The summed E-state index contributed by atoms with van der Waals surface area (Å²) in [6.07, 6.45) is 2.93. The van der Waals surface area contributed by atoms with E-state index in [0.717, 1.165) is 24.4 Å². The minimum atomic E-state index is -0.693. The number of carbonyl (C=O) groups excluding carboxylic acids is 1. The number of aromatic nitrogens is 1. The second-order valence-electron chi connectivity index (χ2n) is 8.62. The number of hydrogen-bond donors (Lipinski definition) is 4. The summed E-state index contributed by atoms with van der Waals surface area (Å²) in [4.78, 5) is 20.6. The maximum atomic E-state index is 14.3. The van der Waals surface area contributed by atoms with Gasteiger partial charge in [0.2, 0.25) is 5.78 Å². The number of nitrogens with one attached hydrogen (secondary N) is 3. The summed E-state index contributed by atoms with van der Waals surface area (Å²) in [5.74, 6) is -1.94. The summed E-state index contributed by atoms with van der Waals surface area (Å²) in [5, 5.41) is 3.80. The molecule has 0 saturated heterocycles. The van der Waals surface area contributed by atoms with E-state index in [9.17, 15) is 18.0 Å². The van der Waals surface area contributed by atoms with Gasteiger partial charge < -0.3 is 25.5 Å². The van der Waals surface area contributed by atoms with Gasteiger partial charge in [-0.3, -0.25) is 9.79 Å².